The van der Waals surface area contributed by atoms with Crippen molar-refractivity contribution in [2.24, 2.45) is 0 Å². The van der Waals surface area contributed by atoms with Crippen LogP contribution in [0.4, 0.5) is 0 Å². The third-order valence-corrected chi connectivity index (χ3v) is 2.15. The van der Waals surface area contributed by atoms with Crippen molar-refractivity contribution in [2.75, 3.05) is 13.7 Å². The van der Waals surface area contributed by atoms with Crippen LogP contribution in [0.3, 0.4) is 0 Å². The van der Waals surface area contributed by atoms with E-state index in [1.165, 1.54) is 13.3 Å². The molecule has 1 unspecified atom stereocenters. The summed E-state index contributed by atoms with van der Waals surface area (Å²) in [6.07, 6.45) is 2.32. The number of ether oxygens (including phenoxy) is 1. The number of nitrogens with one attached hydrogen (secondary N) is 1. The van der Waals surface area contributed by atoms with Gasteiger partial charge in [0.1, 0.15) is 0 Å². The number of carbonyl (C=O) groups excluding carboxylic acids is 1. The van der Waals surface area contributed by atoms with Crippen molar-refractivity contribution in [1.82, 2.24) is 10.3 Å². The minimum absolute atomic E-state index is 0.149. The van der Waals surface area contributed by atoms with Crippen molar-refractivity contribution in [1.29, 1.82) is 0 Å². The monoisotopic (exact) mass is 238 g/mol. The number of carboxylic acids is 1. The van der Waals surface area contributed by atoms with Crippen LogP contribution in [0.1, 0.15) is 16.8 Å². The summed E-state index contributed by atoms with van der Waals surface area (Å²) in [5.74, 6) is -1.27. The number of rotatable bonds is 6. The molecule has 0 bridgehead atoms. The minimum atomic E-state index is -0.965. The van der Waals surface area contributed by atoms with Crippen molar-refractivity contribution in [3.8, 4) is 0 Å². The Bertz CT molecular complexity index is 380. The van der Waals surface area contributed by atoms with Crippen LogP contribution in [0.2, 0.25) is 0 Å². The Balaban J connectivity index is 2.44. The van der Waals surface area contributed by atoms with Crippen molar-refractivity contribution >= 4 is 11.9 Å². The van der Waals surface area contributed by atoms with Crippen LogP contribution in [-0.2, 0) is 9.53 Å². The molecule has 17 heavy (non-hydrogen) atoms. The summed E-state index contributed by atoms with van der Waals surface area (Å²) in [5, 5.41) is 11.2. The van der Waals surface area contributed by atoms with Crippen LogP contribution in [-0.4, -0.2) is 41.7 Å². The molecule has 1 amide bonds. The average Bonchev–Trinajstić information content (AvgIpc) is 2.34. The number of carboxylic acid groups (broad SMARTS) is 1. The van der Waals surface area contributed by atoms with E-state index in [2.05, 4.69) is 10.3 Å². The summed E-state index contributed by atoms with van der Waals surface area (Å²) in [4.78, 5) is 25.9. The molecule has 0 spiro atoms. The highest BCUT2D eigenvalue weighted by Gasteiger charge is 2.14. The maximum Gasteiger partial charge on any atom is 0.306 e. The summed E-state index contributed by atoms with van der Waals surface area (Å²) in [7, 11) is 1.41. The van der Waals surface area contributed by atoms with E-state index in [-0.39, 0.29) is 18.9 Å². The van der Waals surface area contributed by atoms with E-state index in [1.807, 2.05) is 0 Å². The summed E-state index contributed by atoms with van der Waals surface area (Å²) in [5.41, 5.74) is 0.428. The summed E-state index contributed by atoms with van der Waals surface area (Å²) in [6, 6.07) is 3.28. The highest BCUT2D eigenvalue weighted by molar-refractivity contribution is 5.93. The number of carbonyl (C=O) groups is 2. The first-order valence-electron chi connectivity index (χ1n) is 5.06. The molecule has 6 heteroatoms. The highest BCUT2D eigenvalue weighted by atomic mass is 16.5. The second-order valence-corrected chi connectivity index (χ2v) is 3.41. The van der Waals surface area contributed by atoms with Gasteiger partial charge in [-0.25, -0.2) is 0 Å². The van der Waals surface area contributed by atoms with E-state index < -0.39 is 12.1 Å². The number of aliphatic carboxylic acids is 1. The number of methoxy groups -OCH3 is 1. The zero-order valence-corrected chi connectivity index (χ0v) is 9.42. The molecule has 0 saturated carbocycles. The van der Waals surface area contributed by atoms with Gasteiger partial charge in [0.2, 0.25) is 0 Å². The van der Waals surface area contributed by atoms with E-state index in [0.29, 0.717) is 5.56 Å². The van der Waals surface area contributed by atoms with Crippen LogP contribution >= 0.6 is 0 Å². The van der Waals surface area contributed by atoms with E-state index in [0.717, 1.165) is 0 Å². The Morgan fingerprint density at radius 2 is 2.35 bits per heavy atom. The molecule has 0 aliphatic carbocycles. The zero-order chi connectivity index (χ0) is 12.7. The second kappa shape index (κ2) is 6.59. The molecule has 92 valence electrons. The lowest BCUT2D eigenvalue weighted by Gasteiger charge is -2.13. The molecular weight excluding hydrogens is 224 g/mol. The molecule has 0 radical (unpaired) electrons. The van der Waals surface area contributed by atoms with E-state index in [1.54, 1.807) is 18.3 Å². The predicted octanol–water partition coefficient (Wildman–Crippen LogP) is 0.301. The molecule has 1 aromatic rings. The molecule has 1 rings (SSSR count). The number of hydrogen-bond donors (Lipinski definition) is 2. The molecule has 2 N–H and O–H groups in total. The quantitative estimate of drug-likeness (QED) is 0.744. The molecule has 0 aliphatic rings. The van der Waals surface area contributed by atoms with Gasteiger partial charge in [-0.2, -0.15) is 0 Å². The van der Waals surface area contributed by atoms with Crippen LogP contribution in [0, 0.1) is 0 Å². The molecule has 1 aromatic heterocycles. The summed E-state index contributed by atoms with van der Waals surface area (Å²) < 4.78 is 4.94. The maximum atomic E-state index is 11.6. The summed E-state index contributed by atoms with van der Waals surface area (Å²) in [6.45, 7) is 0.149. The number of pyridine rings is 1. The van der Waals surface area contributed by atoms with E-state index >= 15 is 0 Å². The Morgan fingerprint density at radius 1 is 1.59 bits per heavy atom. The fourth-order valence-corrected chi connectivity index (χ4v) is 1.24. The number of nitrogens with zero attached hydrogens (tertiary/aromatic N) is 1. The summed E-state index contributed by atoms with van der Waals surface area (Å²) >= 11 is 0. The smallest absolute Gasteiger partial charge is 0.306 e. The average molecular weight is 238 g/mol. The molecule has 0 fully saturated rings. The van der Waals surface area contributed by atoms with Crippen molar-refractivity contribution < 1.29 is 19.4 Å². The lowest BCUT2D eigenvalue weighted by molar-refractivity contribution is -0.139. The largest absolute Gasteiger partial charge is 0.481 e. The van der Waals surface area contributed by atoms with Gasteiger partial charge in [-0.15, -0.1) is 0 Å². The third kappa shape index (κ3) is 4.60. The minimum Gasteiger partial charge on any atom is -0.481 e. The normalized spacial score (nSPS) is 11.8. The predicted molar refractivity (Wildman–Crippen MR) is 59.6 cm³/mol. The van der Waals surface area contributed by atoms with Gasteiger partial charge >= 0.3 is 5.97 Å². The Hall–Kier alpha value is -1.95. The highest BCUT2D eigenvalue weighted by Crippen LogP contribution is 1.98. The molecular formula is C11H14N2O4. The van der Waals surface area contributed by atoms with Crippen LogP contribution in [0.25, 0.3) is 0 Å². The number of amides is 1. The van der Waals surface area contributed by atoms with E-state index in [9.17, 15) is 9.59 Å². The van der Waals surface area contributed by atoms with Gasteiger partial charge in [-0.05, 0) is 12.1 Å². The SMILES string of the molecule is COC(CNC(=O)c1cccnc1)CC(=O)O. The Morgan fingerprint density at radius 3 is 2.88 bits per heavy atom. The van der Waals surface area contributed by atoms with E-state index in [4.69, 9.17) is 9.84 Å². The molecule has 6 nitrogen and oxygen atoms in total. The van der Waals surface area contributed by atoms with Gasteiger partial charge in [0.25, 0.3) is 5.91 Å². The van der Waals surface area contributed by atoms with Crippen molar-refractivity contribution in [3.05, 3.63) is 30.1 Å². The van der Waals surface area contributed by atoms with Gasteiger partial charge < -0.3 is 15.2 Å². The lowest BCUT2D eigenvalue weighted by Crippen LogP contribution is -2.34. The number of aromatic nitrogens is 1. The van der Waals surface area contributed by atoms with Crippen LogP contribution < -0.4 is 5.32 Å². The van der Waals surface area contributed by atoms with Crippen molar-refractivity contribution in [3.63, 3.8) is 0 Å². The number of hydrogen-bond acceptors (Lipinski definition) is 4. The first kappa shape index (κ1) is 13.1. The van der Waals surface area contributed by atoms with Gasteiger partial charge in [-0.3, -0.25) is 14.6 Å². The molecule has 0 aromatic carbocycles. The topological polar surface area (TPSA) is 88.5 Å². The Labute approximate surface area is 98.6 Å². The molecule has 1 atom stereocenters. The first-order chi connectivity index (χ1) is 8.13. The molecule has 0 saturated heterocycles. The van der Waals surface area contributed by atoms with Crippen LogP contribution in [0.15, 0.2) is 24.5 Å². The standard InChI is InChI=1S/C11H14N2O4/c1-17-9(5-10(14)15)7-13-11(16)8-3-2-4-12-6-8/h2-4,6,9H,5,7H2,1H3,(H,13,16)(H,14,15). The lowest BCUT2D eigenvalue weighted by atomic mass is 10.2. The van der Waals surface area contributed by atoms with Gasteiger partial charge in [0, 0.05) is 26.0 Å². The zero-order valence-electron chi connectivity index (χ0n) is 9.42. The van der Waals surface area contributed by atoms with Gasteiger partial charge in [0.15, 0.2) is 0 Å². The van der Waals surface area contributed by atoms with Gasteiger partial charge in [-0.1, -0.05) is 0 Å². The fraction of sp³-hybridized carbons (Fsp3) is 0.364. The maximum absolute atomic E-state index is 11.6. The molecule has 0 aliphatic heterocycles. The van der Waals surface area contributed by atoms with Crippen molar-refractivity contribution in [2.45, 2.75) is 12.5 Å². The second-order valence-electron chi connectivity index (χ2n) is 3.41. The third-order valence-electron chi connectivity index (χ3n) is 2.15. The fourth-order valence-electron chi connectivity index (χ4n) is 1.24. The first-order valence-corrected chi connectivity index (χ1v) is 5.06. The Kier molecular flexibility index (Phi) is 5.09. The van der Waals surface area contributed by atoms with Gasteiger partial charge in [0.05, 0.1) is 18.1 Å². The molecule has 1 heterocycles. The van der Waals surface area contributed by atoms with Crippen LogP contribution in [0.5, 0.6) is 0 Å².